The van der Waals surface area contributed by atoms with Crippen LogP contribution >= 0.6 is 0 Å². The molecule has 0 amide bonds. The highest BCUT2D eigenvalue weighted by Crippen LogP contribution is 2.29. The van der Waals surface area contributed by atoms with Crippen LogP contribution in [0.2, 0.25) is 0 Å². The van der Waals surface area contributed by atoms with Gasteiger partial charge in [-0.25, -0.2) is 0 Å². The van der Waals surface area contributed by atoms with Crippen molar-refractivity contribution in [2.24, 2.45) is 5.92 Å². The average Bonchev–Trinajstić information content (AvgIpc) is 2.52. The van der Waals surface area contributed by atoms with E-state index in [1.54, 1.807) is 7.11 Å². The first kappa shape index (κ1) is 16.2. The van der Waals surface area contributed by atoms with Crippen LogP contribution in [0.25, 0.3) is 0 Å². The SMILES string of the molecule is COCCOCCCN1CCNCC1C1CCCCC1. The van der Waals surface area contributed by atoms with Gasteiger partial charge in [-0.05, 0) is 25.2 Å². The van der Waals surface area contributed by atoms with Gasteiger partial charge in [0.05, 0.1) is 13.2 Å². The number of piperazine rings is 1. The lowest BCUT2D eigenvalue weighted by Gasteiger charge is -2.42. The van der Waals surface area contributed by atoms with Crippen LogP contribution in [0, 0.1) is 5.92 Å². The number of ether oxygens (including phenoxy) is 2. The third-order valence-corrected chi connectivity index (χ3v) is 4.76. The molecule has 0 bridgehead atoms. The van der Waals surface area contributed by atoms with E-state index in [9.17, 15) is 0 Å². The summed E-state index contributed by atoms with van der Waals surface area (Å²) in [4.78, 5) is 2.71. The molecule has 4 nitrogen and oxygen atoms in total. The minimum Gasteiger partial charge on any atom is -0.382 e. The van der Waals surface area contributed by atoms with E-state index in [4.69, 9.17) is 9.47 Å². The lowest BCUT2D eigenvalue weighted by molar-refractivity contribution is 0.0515. The summed E-state index contributed by atoms with van der Waals surface area (Å²) in [6, 6.07) is 0.767. The Morgan fingerprint density at radius 3 is 2.75 bits per heavy atom. The van der Waals surface area contributed by atoms with Gasteiger partial charge in [-0.3, -0.25) is 4.90 Å². The maximum atomic E-state index is 5.58. The molecule has 1 heterocycles. The number of hydrogen-bond acceptors (Lipinski definition) is 4. The van der Waals surface area contributed by atoms with Crippen molar-refractivity contribution in [1.29, 1.82) is 0 Å². The predicted molar refractivity (Wildman–Crippen MR) is 82.1 cm³/mol. The van der Waals surface area contributed by atoms with Gasteiger partial charge in [-0.1, -0.05) is 19.3 Å². The maximum absolute atomic E-state index is 5.58. The molecule has 1 aliphatic carbocycles. The Bertz CT molecular complexity index is 245. The topological polar surface area (TPSA) is 33.7 Å². The first-order valence-corrected chi connectivity index (χ1v) is 8.43. The zero-order valence-corrected chi connectivity index (χ0v) is 13.1. The number of nitrogens with zero attached hydrogens (tertiary/aromatic N) is 1. The van der Waals surface area contributed by atoms with Gasteiger partial charge in [0.25, 0.3) is 0 Å². The molecule has 0 aromatic carbocycles. The molecule has 118 valence electrons. The molecule has 20 heavy (non-hydrogen) atoms. The Morgan fingerprint density at radius 2 is 1.95 bits per heavy atom. The molecule has 2 rings (SSSR count). The molecule has 0 radical (unpaired) electrons. The molecule has 1 saturated carbocycles. The van der Waals surface area contributed by atoms with E-state index in [0.717, 1.165) is 38.1 Å². The quantitative estimate of drug-likeness (QED) is 0.690. The van der Waals surface area contributed by atoms with Crippen molar-refractivity contribution < 1.29 is 9.47 Å². The summed E-state index contributed by atoms with van der Waals surface area (Å²) in [6.07, 6.45) is 8.35. The van der Waals surface area contributed by atoms with E-state index >= 15 is 0 Å². The third-order valence-electron chi connectivity index (χ3n) is 4.76. The van der Waals surface area contributed by atoms with Crippen LogP contribution in [0.3, 0.4) is 0 Å². The van der Waals surface area contributed by atoms with Gasteiger partial charge >= 0.3 is 0 Å². The number of rotatable bonds is 8. The molecule has 0 aromatic heterocycles. The molecule has 1 aliphatic heterocycles. The lowest BCUT2D eigenvalue weighted by Crippen LogP contribution is -2.55. The van der Waals surface area contributed by atoms with Gasteiger partial charge in [-0.15, -0.1) is 0 Å². The van der Waals surface area contributed by atoms with Gasteiger partial charge in [0.2, 0.25) is 0 Å². The van der Waals surface area contributed by atoms with Gasteiger partial charge < -0.3 is 14.8 Å². The highest BCUT2D eigenvalue weighted by molar-refractivity contribution is 4.86. The zero-order chi connectivity index (χ0) is 14.0. The third kappa shape index (κ3) is 5.32. The molecule has 1 atom stereocenters. The summed E-state index contributed by atoms with van der Waals surface area (Å²) in [5.74, 6) is 0.922. The molecule has 1 N–H and O–H groups in total. The highest BCUT2D eigenvalue weighted by atomic mass is 16.5. The summed E-state index contributed by atoms with van der Waals surface area (Å²) in [5.41, 5.74) is 0. The van der Waals surface area contributed by atoms with Crippen LogP contribution in [0.5, 0.6) is 0 Å². The second-order valence-electron chi connectivity index (χ2n) is 6.16. The first-order chi connectivity index (χ1) is 9.92. The van der Waals surface area contributed by atoms with E-state index in [2.05, 4.69) is 10.2 Å². The van der Waals surface area contributed by atoms with Crippen molar-refractivity contribution in [3.8, 4) is 0 Å². The summed E-state index contributed by atoms with van der Waals surface area (Å²) in [5, 5.41) is 3.59. The zero-order valence-electron chi connectivity index (χ0n) is 13.1. The minimum atomic E-state index is 0.707. The standard InChI is InChI=1S/C16H32N2O2/c1-19-12-13-20-11-5-9-18-10-8-17-14-16(18)15-6-3-2-4-7-15/h15-17H,2-14H2,1H3. The van der Waals surface area contributed by atoms with Crippen molar-refractivity contribution in [3.63, 3.8) is 0 Å². The predicted octanol–water partition coefficient (Wildman–Crippen LogP) is 1.89. The van der Waals surface area contributed by atoms with Crippen molar-refractivity contribution >= 4 is 0 Å². The van der Waals surface area contributed by atoms with E-state index in [1.165, 1.54) is 51.7 Å². The van der Waals surface area contributed by atoms with Crippen molar-refractivity contribution in [1.82, 2.24) is 10.2 Å². The van der Waals surface area contributed by atoms with Gasteiger partial charge in [0.15, 0.2) is 0 Å². The van der Waals surface area contributed by atoms with Crippen molar-refractivity contribution in [3.05, 3.63) is 0 Å². The first-order valence-electron chi connectivity index (χ1n) is 8.43. The Morgan fingerprint density at radius 1 is 1.10 bits per heavy atom. The van der Waals surface area contributed by atoms with Crippen LogP contribution in [-0.2, 0) is 9.47 Å². The van der Waals surface area contributed by atoms with E-state index < -0.39 is 0 Å². The van der Waals surface area contributed by atoms with E-state index in [-0.39, 0.29) is 0 Å². The Kier molecular flexibility index (Phi) is 7.88. The van der Waals surface area contributed by atoms with Crippen LogP contribution in [0.1, 0.15) is 38.5 Å². The molecule has 0 spiro atoms. The van der Waals surface area contributed by atoms with E-state index in [1.807, 2.05) is 0 Å². The molecule has 2 aliphatic rings. The molecular weight excluding hydrogens is 252 g/mol. The van der Waals surface area contributed by atoms with Crippen molar-refractivity contribution in [2.45, 2.75) is 44.6 Å². The van der Waals surface area contributed by atoms with Crippen LogP contribution in [0.4, 0.5) is 0 Å². The summed E-state index contributed by atoms with van der Waals surface area (Å²) in [6.45, 7) is 7.03. The second kappa shape index (κ2) is 9.72. The normalized spacial score (nSPS) is 25.9. The average molecular weight is 284 g/mol. The lowest BCUT2D eigenvalue weighted by atomic mass is 9.82. The molecule has 2 fully saturated rings. The summed E-state index contributed by atoms with van der Waals surface area (Å²) < 4.78 is 10.6. The van der Waals surface area contributed by atoms with Gasteiger partial charge in [0.1, 0.15) is 0 Å². The fraction of sp³-hybridized carbons (Fsp3) is 1.00. The smallest absolute Gasteiger partial charge is 0.0700 e. The molecule has 1 saturated heterocycles. The maximum Gasteiger partial charge on any atom is 0.0700 e. The highest BCUT2D eigenvalue weighted by Gasteiger charge is 2.30. The molecule has 4 heteroatoms. The van der Waals surface area contributed by atoms with Crippen LogP contribution < -0.4 is 5.32 Å². The number of methoxy groups -OCH3 is 1. The summed E-state index contributed by atoms with van der Waals surface area (Å²) in [7, 11) is 1.72. The van der Waals surface area contributed by atoms with Gasteiger partial charge in [-0.2, -0.15) is 0 Å². The van der Waals surface area contributed by atoms with Crippen LogP contribution in [0.15, 0.2) is 0 Å². The fourth-order valence-electron chi connectivity index (χ4n) is 3.64. The summed E-state index contributed by atoms with van der Waals surface area (Å²) >= 11 is 0. The number of hydrogen-bond donors (Lipinski definition) is 1. The monoisotopic (exact) mass is 284 g/mol. The molecular formula is C16H32N2O2. The Hall–Kier alpha value is -0.160. The van der Waals surface area contributed by atoms with Crippen molar-refractivity contribution in [2.75, 3.05) is 53.1 Å². The minimum absolute atomic E-state index is 0.707. The largest absolute Gasteiger partial charge is 0.382 e. The fourth-order valence-corrected chi connectivity index (χ4v) is 3.64. The molecule has 1 unspecified atom stereocenters. The Balaban J connectivity index is 1.67. The second-order valence-corrected chi connectivity index (χ2v) is 6.16. The molecule has 0 aromatic rings. The van der Waals surface area contributed by atoms with E-state index in [0.29, 0.717) is 6.61 Å². The van der Waals surface area contributed by atoms with Crippen LogP contribution in [-0.4, -0.2) is 64.1 Å². The Labute approximate surface area is 124 Å². The number of nitrogens with one attached hydrogen (secondary N) is 1. The van der Waals surface area contributed by atoms with Gasteiger partial charge in [0, 0.05) is 45.9 Å².